The Morgan fingerprint density at radius 2 is 1.81 bits per heavy atom. The minimum atomic E-state index is -3.67. The summed E-state index contributed by atoms with van der Waals surface area (Å²) in [5.74, 6) is 0.644. The molecular weight excluding hydrogens is 284 g/mol. The maximum Gasteiger partial charge on any atom is 0.238 e. The summed E-state index contributed by atoms with van der Waals surface area (Å²) in [7, 11) is -3.67. The second kappa shape index (κ2) is 7.27. The molecule has 0 fully saturated rings. The van der Waals surface area contributed by atoms with E-state index in [9.17, 15) is 8.42 Å². The second-order valence-corrected chi connectivity index (χ2v) is 7.52. The molecular formula is C16H28N2O2S. The maximum atomic E-state index is 11.6. The lowest BCUT2D eigenvalue weighted by atomic mass is 9.97. The van der Waals surface area contributed by atoms with E-state index in [0.29, 0.717) is 12.0 Å². The molecule has 0 aromatic heterocycles. The van der Waals surface area contributed by atoms with E-state index in [1.165, 1.54) is 0 Å². The summed E-state index contributed by atoms with van der Waals surface area (Å²) in [6.07, 6.45) is 3.22. The molecule has 0 saturated carbocycles. The topological polar surface area (TPSA) is 72.2 Å². The first-order chi connectivity index (χ1) is 9.68. The van der Waals surface area contributed by atoms with E-state index in [-0.39, 0.29) is 4.90 Å². The highest BCUT2D eigenvalue weighted by Gasteiger charge is 2.16. The molecule has 0 amide bonds. The number of rotatable bonds is 7. The summed E-state index contributed by atoms with van der Waals surface area (Å²) in [5.41, 5.74) is 2.88. The first kappa shape index (κ1) is 18.0. The normalized spacial score (nSPS) is 14.8. The van der Waals surface area contributed by atoms with Gasteiger partial charge in [0.05, 0.1) is 4.90 Å². The van der Waals surface area contributed by atoms with E-state index in [1.54, 1.807) is 12.1 Å². The predicted molar refractivity (Wildman–Crippen MR) is 89.1 cm³/mol. The molecule has 0 aliphatic carbocycles. The lowest BCUT2D eigenvalue weighted by Crippen LogP contribution is -2.22. The smallest absolute Gasteiger partial charge is 0.238 e. The van der Waals surface area contributed by atoms with E-state index in [1.807, 2.05) is 13.8 Å². The summed E-state index contributed by atoms with van der Waals surface area (Å²) in [4.78, 5) is 0.173. The molecule has 5 heteroatoms. The van der Waals surface area contributed by atoms with Crippen LogP contribution in [0.15, 0.2) is 17.0 Å². The zero-order valence-corrected chi connectivity index (χ0v) is 14.5. The van der Waals surface area contributed by atoms with Crippen LogP contribution >= 0.6 is 0 Å². The molecule has 1 aromatic carbocycles. The molecule has 0 aliphatic heterocycles. The second-order valence-electron chi connectivity index (χ2n) is 5.96. The van der Waals surface area contributed by atoms with E-state index < -0.39 is 10.0 Å². The van der Waals surface area contributed by atoms with Crippen molar-refractivity contribution in [3.63, 3.8) is 0 Å². The van der Waals surface area contributed by atoms with Crippen molar-refractivity contribution in [3.8, 4) is 0 Å². The Morgan fingerprint density at radius 3 is 2.29 bits per heavy atom. The van der Waals surface area contributed by atoms with Crippen molar-refractivity contribution in [1.82, 2.24) is 0 Å². The van der Waals surface area contributed by atoms with Crippen molar-refractivity contribution in [2.75, 3.05) is 5.32 Å². The van der Waals surface area contributed by atoms with Gasteiger partial charge >= 0.3 is 0 Å². The lowest BCUT2D eigenvalue weighted by molar-refractivity contribution is 0.461. The molecule has 0 heterocycles. The number of hydrogen-bond acceptors (Lipinski definition) is 3. The molecule has 0 spiro atoms. The molecule has 1 aromatic rings. The van der Waals surface area contributed by atoms with Crippen molar-refractivity contribution in [3.05, 3.63) is 23.3 Å². The first-order valence-electron chi connectivity index (χ1n) is 7.59. The number of sulfonamides is 1. The number of anilines is 1. The molecule has 0 saturated heterocycles. The average molecular weight is 312 g/mol. The average Bonchev–Trinajstić information content (AvgIpc) is 2.41. The third kappa shape index (κ3) is 5.00. The quantitative estimate of drug-likeness (QED) is 0.808. The van der Waals surface area contributed by atoms with Gasteiger partial charge in [-0.15, -0.1) is 0 Å². The minimum Gasteiger partial charge on any atom is -0.382 e. The van der Waals surface area contributed by atoms with Crippen molar-refractivity contribution < 1.29 is 8.42 Å². The molecule has 21 heavy (non-hydrogen) atoms. The van der Waals surface area contributed by atoms with Crippen LogP contribution in [0.4, 0.5) is 5.69 Å². The molecule has 0 bridgehead atoms. The third-order valence-electron chi connectivity index (χ3n) is 4.21. The van der Waals surface area contributed by atoms with Gasteiger partial charge in [-0.3, -0.25) is 0 Å². The molecule has 3 N–H and O–H groups in total. The molecule has 0 radical (unpaired) electrons. The van der Waals surface area contributed by atoms with Crippen LogP contribution in [0, 0.1) is 19.8 Å². The van der Waals surface area contributed by atoms with Crippen LogP contribution in [0.3, 0.4) is 0 Å². The van der Waals surface area contributed by atoms with E-state index in [0.717, 1.165) is 36.1 Å². The number of aryl methyl sites for hydroxylation is 1. The number of nitrogens with one attached hydrogen (secondary N) is 1. The fraction of sp³-hybridized carbons (Fsp3) is 0.625. The summed E-state index contributed by atoms with van der Waals surface area (Å²) in [6.45, 7) is 10.5. The van der Waals surface area contributed by atoms with Crippen LogP contribution in [0.25, 0.3) is 0 Å². The van der Waals surface area contributed by atoms with Crippen LogP contribution in [0.5, 0.6) is 0 Å². The van der Waals surface area contributed by atoms with Crippen LogP contribution < -0.4 is 10.5 Å². The number of hydrogen-bond donors (Lipinski definition) is 2. The van der Waals surface area contributed by atoms with Gasteiger partial charge in [0.1, 0.15) is 0 Å². The van der Waals surface area contributed by atoms with Crippen molar-refractivity contribution in [1.29, 1.82) is 0 Å². The fourth-order valence-electron chi connectivity index (χ4n) is 2.34. The van der Waals surface area contributed by atoms with Gasteiger partial charge in [-0.2, -0.15) is 0 Å². The van der Waals surface area contributed by atoms with Gasteiger partial charge < -0.3 is 5.32 Å². The highest BCUT2D eigenvalue weighted by atomic mass is 32.2. The van der Waals surface area contributed by atoms with Crippen molar-refractivity contribution >= 4 is 15.7 Å². The van der Waals surface area contributed by atoms with Gasteiger partial charge in [-0.1, -0.05) is 27.2 Å². The molecule has 2 unspecified atom stereocenters. The fourth-order valence-corrected chi connectivity index (χ4v) is 2.96. The molecule has 2 atom stereocenters. The van der Waals surface area contributed by atoms with Crippen LogP contribution in [0.2, 0.25) is 0 Å². The molecule has 0 aliphatic rings. The zero-order valence-electron chi connectivity index (χ0n) is 13.7. The zero-order chi connectivity index (χ0) is 16.2. The van der Waals surface area contributed by atoms with Gasteiger partial charge in [-0.05, 0) is 55.9 Å². The number of benzene rings is 1. The van der Waals surface area contributed by atoms with E-state index in [4.69, 9.17) is 5.14 Å². The minimum absolute atomic E-state index is 0.173. The number of primary sulfonamides is 1. The highest BCUT2D eigenvalue weighted by Crippen LogP contribution is 2.26. The Labute approximate surface area is 129 Å². The summed E-state index contributed by atoms with van der Waals surface area (Å²) in [6, 6.07) is 3.62. The van der Waals surface area contributed by atoms with Gasteiger partial charge in [0.15, 0.2) is 0 Å². The summed E-state index contributed by atoms with van der Waals surface area (Å²) in [5, 5.41) is 8.75. The Kier molecular flexibility index (Phi) is 6.23. The van der Waals surface area contributed by atoms with Crippen molar-refractivity contribution in [2.45, 2.75) is 64.8 Å². The SMILES string of the molecule is CCC(C)CC(CC)Nc1cc(S(N)(=O)=O)cc(C)c1C. The first-order valence-corrected chi connectivity index (χ1v) is 9.14. The van der Waals surface area contributed by atoms with Gasteiger partial charge in [0.2, 0.25) is 10.0 Å². The Bertz CT molecular complexity index is 582. The Morgan fingerprint density at radius 1 is 1.19 bits per heavy atom. The number of nitrogens with two attached hydrogens (primary N) is 1. The maximum absolute atomic E-state index is 11.6. The van der Waals surface area contributed by atoms with E-state index >= 15 is 0 Å². The van der Waals surface area contributed by atoms with Crippen LogP contribution in [0.1, 0.15) is 51.2 Å². The monoisotopic (exact) mass is 312 g/mol. The van der Waals surface area contributed by atoms with Crippen molar-refractivity contribution in [2.24, 2.45) is 11.1 Å². The predicted octanol–water partition coefficient (Wildman–Crippen LogP) is 3.58. The summed E-state index contributed by atoms with van der Waals surface area (Å²) >= 11 is 0. The molecule has 4 nitrogen and oxygen atoms in total. The Hall–Kier alpha value is -1.07. The van der Waals surface area contributed by atoms with Gasteiger partial charge in [-0.25, -0.2) is 13.6 Å². The highest BCUT2D eigenvalue weighted by molar-refractivity contribution is 7.89. The lowest BCUT2D eigenvalue weighted by Gasteiger charge is -2.23. The van der Waals surface area contributed by atoms with Gasteiger partial charge in [0.25, 0.3) is 0 Å². The standard InChI is InChI=1S/C16H28N2O2S/c1-6-11(3)8-14(7-2)18-16-10-15(21(17,19)20)9-12(4)13(16)5/h9-11,14,18H,6-8H2,1-5H3,(H2,17,19,20). The van der Waals surface area contributed by atoms with E-state index in [2.05, 4.69) is 26.1 Å². The third-order valence-corrected chi connectivity index (χ3v) is 5.10. The largest absolute Gasteiger partial charge is 0.382 e. The van der Waals surface area contributed by atoms with Crippen LogP contribution in [-0.4, -0.2) is 14.5 Å². The van der Waals surface area contributed by atoms with Gasteiger partial charge in [0, 0.05) is 11.7 Å². The Balaban J connectivity index is 3.09. The molecule has 120 valence electrons. The summed E-state index contributed by atoms with van der Waals surface area (Å²) < 4.78 is 23.2. The molecule has 1 rings (SSSR count). The van der Waals surface area contributed by atoms with Crippen LogP contribution in [-0.2, 0) is 10.0 Å².